The summed E-state index contributed by atoms with van der Waals surface area (Å²) in [5, 5.41) is 3.11. The summed E-state index contributed by atoms with van der Waals surface area (Å²) in [5.41, 5.74) is 2.17. The average molecular weight is 382 g/mol. The molecule has 1 aliphatic rings. The zero-order valence-corrected chi connectivity index (χ0v) is 16.3. The Bertz CT molecular complexity index is 820. The number of carbonyl (C=O) groups excluding carboxylic acids is 2. The normalized spacial score (nSPS) is 17.0. The molecule has 0 spiro atoms. The molecule has 3 rings (SSSR count). The predicted octanol–water partition coefficient (Wildman–Crippen LogP) is 2.88. The number of methoxy groups -OCH3 is 2. The maximum atomic E-state index is 12.5. The second kappa shape index (κ2) is 9.37. The van der Waals surface area contributed by atoms with Crippen molar-refractivity contribution in [3.05, 3.63) is 65.2 Å². The van der Waals surface area contributed by atoms with Gasteiger partial charge in [-0.3, -0.25) is 9.69 Å². The van der Waals surface area contributed by atoms with Crippen LogP contribution < -0.4 is 10.1 Å². The Morgan fingerprint density at radius 2 is 1.86 bits per heavy atom. The van der Waals surface area contributed by atoms with E-state index >= 15 is 0 Å². The van der Waals surface area contributed by atoms with Gasteiger partial charge in [0.1, 0.15) is 5.75 Å². The highest BCUT2D eigenvalue weighted by Gasteiger charge is 2.22. The monoisotopic (exact) mass is 382 g/mol. The number of piperidine rings is 1. The van der Waals surface area contributed by atoms with E-state index in [9.17, 15) is 9.59 Å². The summed E-state index contributed by atoms with van der Waals surface area (Å²) in [4.78, 5) is 26.4. The van der Waals surface area contributed by atoms with Crippen molar-refractivity contribution < 1.29 is 19.1 Å². The number of nitrogens with zero attached hydrogens (tertiary/aromatic N) is 1. The lowest BCUT2D eigenvalue weighted by Crippen LogP contribution is -2.47. The first-order chi connectivity index (χ1) is 13.6. The third-order valence-corrected chi connectivity index (χ3v) is 4.95. The molecule has 0 bridgehead atoms. The van der Waals surface area contributed by atoms with Crippen molar-refractivity contribution in [2.75, 3.05) is 27.3 Å². The van der Waals surface area contributed by atoms with Gasteiger partial charge in [-0.05, 0) is 61.3 Å². The summed E-state index contributed by atoms with van der Waals surface area (Å²) < 4.78 is 9.97. The van der Waals surface area contributed by atoms with E-state index in [4.69, 9.17) is 4.74 Å². The summed E-state index contributed by atoms with van der Waals surface area (Å²) in [5.74, 6) is 0.326. The molecule has 6 heteroatoms. The van der Waals surface area contributed by atoms with Gasteiger partial charge in [-0.2, -0.15) is 0 Å². The van der Waals surface area contributed by atoms with Gasteiger partial charge in [-0.25, -0.2) is 4.79 Å². The summed E-state index contributed by atoms with van der Waals surface area (Å²) in [6, 6.07) is 14.7. The number of carbonyl (C=O) groups is 2. The Balaban J connectivity index is 1.56. The van der Waals surface area contributed by atoms with Crippen LogP contribution in [0.1, 0.15) is 39.1 Å². The minimum Gasteiger partial charge on any atom is -0.497 e. The van der Waals surface area contributed by atoms with E-state index in [0.717, 1.165) is 38.2 Å². The fourth-order valence-corrected chi connectivity index (χ4v) is 3.49. The maximum absolute atomic E-state index is 12.5. The first-order valence-electron chi connectivity index (χ1n) is 9.43. The van der Waals surface area contributed by atoms with Crippen LogP contribution in [-0.2, 0) is 11.3 Å². The van der Waals surface area contributed by atoms with Crippen molar-refractivity contribution in [1.29, 1.82) is 0 Å². The highest BCUT2D eigenvalue weighted by Crippen LogP contribution is 2.18. The molecule has 2 aromatic rings. The number of hydrogen-bond donors (Lipinski definition) is 1. The number of amides is 1. The van der Waals surface area contributed by atoms with Gasteiger partial charge in [-0.1, -0.05) is 12.1 Å². The van der Waals surface area contributed by atoms with Crippen molar-refractivity contribution in [2.45, 2.75) is 25.4 Å². The van der Waals surface area contributed by atoms with Crippen LogP contribution >= 0.6 is 0 Å². The van der Waals surface area contributed by atoms with Crippen LogP contribution in [0.15, 0.2) is 48.5 Å². The number of ether oxygens (including phenoxy) is 2. The molecule has 0 aromatic heterocycles. The van der Waals surface area contributed by atoms with Crippen LogP contribution in [0.4, 0.5) is 0 Å². The number of likely N-dealkylation sites (tertiary alicyclic amines) is 1. The molecule has 0 unspecified atom stereocenters. The molecular weight excluding hydrogens is 356 g/mol. The van der Waals surface area contributed by atoms with Crippen molar-refractivity contribution in [1.82, 2.24) is 10.2 Å². The third kappa shape index (κ3) is 5.10. The van der Waals surface area contributed by atoms with Gasteiger partial charge in [0.2, 0.25) is 0 Å². The fraction of sp³-hybridized carbons (Fsp3) is 0.364. The van der Waals surface area contributed by atoms with Crippen molar-refractivity contribution >= 4 is 11.9 Å². The molecule has 1 atom stereocenters. The standard InChI is InChI=1S/C22H26N2O4/c1-27-20-7-3-5-16(13-20)14-24-12-4-6-19(15-24)23-21(25)17-8-10-18(11-9-17)22(26)28-2/h3,5,7-11,13,19H,4,6,12,14-15H2,1-2H3,(H,23,25)/t19-/m0/s1. The van der Waals surface area contributed by atoms with Gasteiger partial charge < -0.3 is 14.8 Å². The number of esters is 1. The molecule has 6 nitrogen and oxygen atoms in total. The molecule has 1 N–H and O–H groups in total. The Kier molecular flexibility index (Phi) is 6.66. The van der Waals surface area contributed by atoms with Gasteiger partial charge in [0.25, 0.3) is 5.91 Å². The topological polar surface area (TPSA) is 67.9 Å². The number of nitrogens with one attached hydrogen (secondary N) is 1. The molecule has 148 valence electrons. The number of rotatable bonds is 6. The molecule has 1 heterocycles. The second-order valence-electron chi connectivity index (χ2n) is 6.97. The number of hydrogen-bond acceptors (Lipinski definition) is 5. The first-order valence-corrected chi connectivity index (χ1v) is 9.43. The molecule has 2 aromatic carbocycles. The third-order valence-electron chi connectivity index (χ3n) is 4.95. The van der Waals surface area contributed by atoms with Gasteiger partial charge in [0.05, 0.1) is 19.8 Å². The molecule has 1 saturated heterocycles. The van der Waals surface area contributed by atoms with Crippen molar-refractivity contribution in [3.8, 4) is 5.75 Å². The SMILES string of the molecule is COC(=O)c1ccc(C(=O)N[C@H]2CCCN(Cc3cccc(OC)c3)C2)cc1. The van der Waals surface area contributed by atoms with Crippen molar-refractivity contribution in [3.63, 3.8) is 0 Å². The molecule has 0 saturated carbocycles. The van der Waals surface area contributed by atoms with Gasteiger partial charge in [0, 0.05) is 24.7 Å². The zero-order chi connectivity index (χ0) is 19.9. The van der Waals surface area contributed by atoms with E-state index in [0.29, 0.717) is 11.1 Å². The summed E-state index contributed by atoms with van der Waals surface area (Å²) in [6.45, 7) is 2.65. The molecule has 28 heavy (non-hydrogen) atoms. The molecule has 1 amide bonds. The first kappa shape index (κ1) is 19.9. The van der Waals surface area contributed by atoms with Crippen LogP contribution in [-0.4, -0.2) is 50.1 Å². The summed E-state index contributed by atoms with van der Waals surface area (Å²) in [6.07, 6.45) is 2.00. The van der Waals surface area contributed by atoms with Gasteiger partial charge >= 0.3 is 5.97 Å². The van der Waals surface area contributed by atoms with Crippen LogP contribution in [0, 0.1) is 0 Å². The van der Waals surface area contributed by atoms with Crippen LogP contribution in [0.3, 0.4) is 0 Å². The quantitative estimate of drug-likeness (QED) is 0.778. The van der Waals surface area contributed by atoms with E-state index in [1.807, 2.05) is 18.2 Å². The Morgan fingerprint density at radius 1 is 1.11 bits per heavy atom. The maximum Gasteiger partial charge on any atom is 0.337 e. The second-order valence-corrected chi connectivity index (χ2v) is 6.97. The van der Waals surface area contributed by atoms with E-state index in [-0.39, 0.29) is 11.9 Å². The van der Waals surface area contributed by atoms with Gasteiger partial charge in [-0.15, -0.1) is 0 Å². The molecular formula is C22H26N2O4. The van der Waals surface area contributed by atoms with Crippen LogP contribution in [0.5, 0.6) is 5.75 Å². The summed E-state index contributed by atoms with van der Waals surface area (Å²) >= 11 is 0. The lowest BCUT2D eigenvalue weighted by molar-refractivity contribution is 0.0600. The Hall–Kier alpha value is -2.86. The lowest BCUT2D eigenvalue weighted by Gasteiger charge is -2.33. The number of benzene rings is 2. The highest BCUT2D eigenvalue weighted by atomic mass is 16.5. The summed E-state index contributed by atoms with van der Waals surface area (Å²) in [7, 11) is 3.01. The lowest BCUT2D eigenvalue weighted by atomic mass is 10.0. The highest BCUT2D eigenvalue weighted by molar-refractivity contribution is 5.96. The van der Waals surface area contributed by atoms with Crippen LogP contribution in [0.25, 0.3) is 0 Å². The fourth-order valence-electron chi connectivity index (χ4n) is 3.49. The molecule has 1 aliphatic heterocycles. The molecule has 0 aliphatic carbocycles. The average Bonchev–Trinajstić information content (AvgIpc) is 2.73. The predicted molar refractivity (Wildman–Crippen MR) is 107 cm³/mol. The Morgan fingerprint density at radius 3 is 2.57 bits per heavy atom. The van der Waals surface area contributed by atoms with Crippen molar-refractivity contribution in [2.24, 2.45) is 0 Å². The largest absolute Gasteiger partial charge is 0.497 e. The van der Waals surface area contributed by atoms with E-state index in [1.165, 1.54) is 12.7 Å². The van der Waals surface area contributed by atoms with E-state index in [1.54, 1.807) is 31.4 Å². The molecule has 1 fully saturated rings. The zero-order valence-electron chi connectivity index (χ0n) is 16.3. The Labute approximate surface area is 165 Å². The molecule has 0 radical (unpaired) electrons. The minimum absolute atomic E-state index is 0.104. The smallest absolute Gasteiger partial charge is 0.337 e. The van der Waals surface area contributed by atoms with Crippen LogP contribution in [0.2, 0.25) is 0 Å². The van der Waals surface area contributed by atoms with E-state index < -0.39 is 5.97 Å². The minimum atomic E-state index is -0.410. The van der Waals surface area contributed by atoms with Gasteiger partial charge in [0.15, 0.2) is 0 Å². The van der Waals surface area contributed by atoms with E-state index in [2.05, 4.69) is 21.0 Å².